The van der Waals surface area contributed by atoms with Crippen LogP contribution >= 0.6 is 0 Å². The van der Waals surface area contributed by atoms with Gasteiger partial charge in [0.1, 0.15) is 0 Å². The Kier molecular flexibility index (Phi) is 9.28. The standard InChI is InChI=1S/C17H31NO/c1-14(2)9-7-11-16(5)18(13-19)17(6)12-8-10-15(3)4/h9-10,13,16-17H,7-8,11-12H2,1-6H3/t16-,17-/m1/s1. The summed E-state index contributed by atoms with van der Waals surface area (Å²) in [6.45, 7) is 12.7. The van der Waals surface area contributed by atoms with Gasteiger partial charge in [0, 0.05) is 12.1 Å². The molecular weight excluding hydrogens is 234 g/mol. The molecule has 0 bridgehead atoms. The molecule has 1 amide bonds. The quantitative estimate of drug-likeness (QED) is 0.436. The van der Waals surface area contributed by atoms with E-state index in [1.54, 1.807) is 0 Å². The number of carbonyl (C=O) groups excluding carboxylic acids is 1. The molecule has 2 heteroatoms. The maximum absolute atomic E-state index is 11.3. The highest BCUT2D eigenvalue weighted by Crippen LogP contribution is 2.14. The number of amides is 1. The minimum Gasteiger partial charge on any atom is -0.340 e. The molecule has 2 atom stereocenters. The third-order valence-electron chi connectivity index (χ3n) is 3.41. The van der Waals surface area contributed by atoms with Gasteiger partial charge in [-0.15, -0.1) is 0 Å². The second kappa shape index (κ2) is 9.82. The van der Waals surface area contributed by atoms with Crippen molar-refractivity contribution in [1.29, 1.82) is 0 Å². The molecule has 0 saturated heterocycles. The van der Waals surface area contributed by atoms with Crippen molar-refractivity contribution in [3.8, 4) is 0 Å². The Labute approximate surface area is 119 Å². The van der Waals surface area contributed by atoms with Crippen molar-refractivity contribution >= 4 is 6.41 Å². The molecule has 0 heterocycles. The summed E-state index contributed by atoms with van der Waals surface area (Å²) in [6.07, 6.45) is 9.68. The van der Waals surface area contributed by atoms with E-state index in [0.29, 0.717) is 12.1 Å². The van der Waals surface area contributed by atoms with Gasteiger partial charge in [-0.1, -0.05) is 23.3 Å². The fourth-order valence-electron chi connectivity index (χ4n) is 2.17. The minimum atomic E-state index is 0.315. The predicted molar refractivity (Wildman–Crippen MR) is 84.2 cm³/mol. The first-order valence-corrected chi connectivity index (χ1v) is 7.38. The molecule has 0 aromatic carbocycles. The van der Waals surface area contributed by atoms with Crippen LogP contribution in [0.2, 0.25) is 0 Å². The maximum Gasteiger partial charge on any atom is 0.210 e. The molecule has 0 fully saturated rings. The van der Waals surface area contributed by atoms with Gasteiger partial charge in [-0.3, -0.25) is 4.79 Å². The Balaban J connectivity index is 4.26. The molecular formula is C17H31NO. The molecule has 0 aromatic rings. The van der Waals surface area contributed by atoms with Crippen LogP contribution in [0.3, 0.4) is 0 Å². The molecule has 0 radical (unpaired) electrons. The van der Waals surface area contributed by atoms with Crippen LogP contribution in [0.25, 0.3) is 0 Å². The van der Waals surface area contributed by atoms with Crippen LogP contribution in [0, 0.1) is 0 Å². The van der Waals surface area contributed by atoms with Crippen molar-refractivity contribution in [1.82, 2.24) is 4.90 Å². The fourth-order valence-corrected chi connectivity index (χ4v) is 2.17. The van der Waals surface area contributed by atoms with Gasteiger partial charge in [0.15, 0.2) is 0 Å². The van der Waals surface area contributed by atoms with Gasteiger partial charge in [-0.25, -0.2) is 0 Å². The Morgan fingerprint density at radius 3 is 1.53 bits per heavy atom. The third-order valence-corrected chi connectivity index (χ3v) is 3.41. The molecule has 0 unspecified atom stereocenters. The number of allylic oxidation sites excluding steroid dienone is 4. The monoisotopic (exact) mass is 265 g/mol. The number of hydrogen-bond donors (Lipinski definition) is 0. The average Bonchev–Trinajstić information content (AvgIpc) is 2.28. The van der Waals surface area contributed by atoms with Gasteiger partial charge in [0.25, 0.3) is 0 Å². The lowest BCUT2D eigenvalue weighted by Crippen LogP contribution is -2.39. The van der Waals surface area contributed by atoms with E-state index >= 15 is 0 Å². The van der Waals surface area contributed by atoms with Crippen molar-refractivity contribution in [3.63, 3.8) is 0 Å². The number of rotatable bonds is 9. The number of nitrogens with zero attached hydrogens (tertiary/aromatic N) is 1. The van der Waals surface area contributed by atoms with E-state index in [-0.39, 0.29) is 0 Å². The summed E-state index contributed by atoms with van der Waals surface area (Å²) >= 11 is 0. The Morgan fingerprint density at radius 1 is 0.895 bits per heavy atom. The second-order valence-corrected chi connectivity index (χ2v) is 5.97. The molecule has 0 aliphatic rings. The largest absolute Gasteiger partial charge is 0.340 e. The van der Waals surface area contributed by atoms with Crippen LogP contribution < -0.4 is 0 Å². The van der Waals surface area contributed by atoms with E-state index in [1.807, 2.05) is 4.90 Å². The molecule has 0 aliphatic heterocycles. The number of hydrogen-bond acceptors (Lipinski definition) is 1. The Morgan fingerprint density at radius 2 is 1.26 bits per heavy atom. The van der Waals surface area contributed by atoms with Crippen molar-refractivity contribution in [2.24, 2.45) is 0 Å². The van der Waals surface area contributed by atoms with Crippen LogP contribution in [0.5, 0.6) is 0 Å². The first kappa shape index (κ1) is 17.9. The average molecular weight is 265 g/mol. The highest BCUT2D eigenvalue weighted by molar-refractivity contribution is 5.48. The molecule has 110 valence electrons. The van der Waals surface area contributed by atoms with Gasteiger partial charge in [0.2, 0.25) is 6.41 Å². The molecule has 0 spiro atoms. The van der Waals surface area contributed by atoms with Crippen LogP contribution in [0.1, 0.15) is 67.2 Å². The summed E-state index contributed by atoms with van der Waals surface area (Å²) in [4.78, 5) is 13.2. The van der Waals surface area contributed by atoms with Crippen molar-refractivity contribution in [2.45, 2.75) is 79.3 Å². The van der Waals surface area contributed by atoms with Crippen LogP contribution in [-0.2, 0) is 4.79 Å². The first-order chi connectivity index (χ1) is 8.88. The zero-order valence-electron chi connectivity index (χ0n) is 13.6. The van der Waals surface area contributed by atoms with Gasteiger partial charge in [-0.2, -0.15) is 0 Å². The van der Waals surface area contributed by atoms with Gasteiger partial charge >= 0.3 is 0 Å². The third kappa shape index (κ3) is 8.63. The summed E-state index contributed by atoms with van der Waals surface area (Å²) in [5, 5.41) is 0. The molecule has 0 N–H and O–H groups in total. The Bertz CT molecular complexity index is 281. The molecule has 0 rings (SSSR count). The minimum absolute atomic E-state index is 0.315. The van der Waals surface area contributed by atoms with Crippen molar-refractivity contribution in [2.75, 3.05) is 0 Å². The SMILES string of the molecule is CC(C)=CCC[C@@H](C)N(C=O)[C@H](C)CCC=C(C)C. The highest BCUT2D eigenvalue weighted by atomic mass is 16.1. The molecule has 0 aliphatic carbocycles. The first-order valence-electron chi connectivity index (χ1n) is 7.38. The Hall–Kier alpha value is -1.05. The van der Waals surface area contributed by atoms with Gasteiger partial charge in [0.05, 0.1) is 0 Å². The fraction of sp³-hybridized carbons (Fsp3) is 0.706. The zero-order chi connectivity index (χ0) is 14.8. The van der Waals surface area contributed by atoms with E-state index in [4.69, 9.17) is 0 Å². The smallest absolute Gasteiger partial charge is 0.210 e. The summed E-state index contributed by atoms with van der Waals surface area (Å²) in [5.41, 5.74) is 2.70. The lowest BCUT2D eigenvalue weighted by atomic mass is 10.1. The van der Waals surface area contributed by atoms with Crippen LogP contribution in [-0.4, -0.2) is 23.4 Å². The predicted octanol–water partition coefficient (Wildman–Crippen LogP) is 4.71. The molecule has 0 aromatic heterocycles. The summed E-state index contributed by atoms with van der Waals surface area (Å²) in [7, 11) is 0. The van der Waals surface area contributed by atoms with E-state index in [0.717, 1.165) is 32.1 Å². The zero-order valence-corrected chi connectivity index (χ0v) is 13.6. The topological polar surface area (TPSA) is 20.3 Å². The van der Waals surface area contributed by atoms with E-state index < -0.39 is 0 Å². The summed E-state index contributed by atoms with van der Waals surface area (Å²) in [5.74, 6) is 0. The van der Waals surface area contributed by atoms with Gasteiger partial charge in [-0.05, 0) is 67.2 Å². The molecule has 0 saturated carbocycles. The lowest BCUT2D eigenvalue weighted by Gasteiger charge is -2.31. The maximum atomic E-state index is 11.3. The summed E-state index contributed by atoms with van der Waals surface area (Å²) < 4.78 is 0. The lowest BCUT2D eigenvalue weighted by molar-refractivity contribution is -0.122. The van der Waals surface area contributed by atoms with E-state index in [2.05, 4.69) is 53.7 Å². The normalized spacial score (nSPS) is 13.4. The second-order valence-electron chi connectivity index (χ2n) is 5.97. The van der Waals surface area contributed by atoms with Crippen molar-refractivity contribution in [3.05, 3.63) is 23.3 Å². The number of carbonyl (C=O) groups is 1. The van der Waals surface area contributed by atoms with Crippen LogP contribution in [0.15, 0.2) is 23.3 Å². The molecule has 19 heavy (non-hydrogen) atoms. The van der Waals surface area contributed by atoms with Gasteiger partial charge < -0.3 is 4.90 Å². The molecule has 2 nitrogen and oxygen atoms in total. The summed E-state index contributed by atoms with van der Waals surface area (Å²) in [6, 6.07) is 0.629. The van der Waals surface area contributed by atoms with E-state index in [1.165, 1.54) is 11.1 Å². The van der Waals surface area contributed by atoms with E-state index in [9.17, 15) is 4.79 Å². The highest BCUT2D eigenvalue weighted by Gasteiger charge is 2.16. The van der Waals surface area contributed by atoms with Crippen molar-refractivity contribution < 1.29 is 4.79 Å². The van der Waals surface area contributed by atoms with Crippen LogP contribution in [0.4, 0.5) is 0 Å².